The molecule has 88 valence electrons. The highest BCUT2D eigenvalue weighted by Gasteiger charge is 2.09. The summed E-state index contributed by atoms with van der Waals surface area (Å²) in [4.78, 5) is 12.5. The summed E-state index contributed by atoms with van der Waals surface area (Å²) in [5.74, 6) is 0.558. The van der Waals surface area contributed by atoms with Crippen LogP contribution in [0.3, 0.4) is 0 Å². The van der Waals surface area contributed by atoms with E-state index in [4.69, 9.17) is 9.47 Å². The quantitative estimate of drug-likeness (QED) is 0.585. The average molecular weight is 240 g/mol. The van der Waals surface area contributed by atoms with Crippen LogP contribution >= 0.6 is 11.8 Å². The summed E-state index contributed by atoms with van der Waals surface area (Å²) in [5, 5.41) is 0. The van der Waals surface area contributed by atoms with Gasteiger partial charge in [0.15, 0.2) is 0 Å². The Bertz CT molecular complexity index is 363. The van der Waals surface area contributed by atoms with Crippen molar-refractivity contribution in [3.8, 4) is 5.75 Å². The molecule has 4 heteroatoms. The van der Waals surface area contributed by atoms with Gasteiger partial charge in [0, 0.05) is 4.90 Å². The smallest absolute Gasteiger partial charge is 0.310 e. The van der Waals surface area contributed by atoms with Crippen LogP contribution in [0.2, 0.25) is 0 Å². The molecule has 1 aromatic carbocycles. The third kappa shape index (κ3) is 3.45. The number of esters is 1. The predicted molar refractivity (Wildman–Crippen MR) is 65.1 cm³/mol. The summed E-state index contributed by atoms with van der Waals surface area (Å²) < 4.78 is 10.1. The first kappa shape index (κ1) is 12.9. The molecule has 0 bridgehead atoms. The third-order valence-electron chi connectivity index (χ3n) is 2.13. The standard InChI is InChI=1S/C12H16O3S/c1-4-15-12(13)8-9-7-10(14-2)5-6-11(9)16-3/h5-7H,4,8H2,1-3H3. The van der Waals surface area contributed by atoms with E-state index in [-0.39, 0.29) is 5.97 Å². The van der Waals surface area contributed by atoms with Gasteiger partial charge in [-0.3, -0.25) is 4.79 Å². The van der Waals surface area contributed by atoms with Crippen molar-refractivity contribution in [2.24, 2.45) is 0 Å². The van der Waals surface area contributed by atoms with Crippen LogP contribution in [-0.4, -0.2) is 25.9 Å². The summed E-state index contributed by atoms with van der Waals surface area (Å²) in [5.41, 5.74) is 0.949. The lowest BCUT2D eigenvalue weighted by atomic mass is 10.1. The number of benzene rings is 1. The molecule has 0 aromatic heterocycles. The molecule has 0 aliphatic carbocycles. The van der Waals surface area contributed by atoms with Gasteiger partial charge in [-0.2, -0.15) is 0 Å². The summed E-state index contributed by atoms with van der Waals surface area (Å²) in [6, 6.07) is 5.72. The zero-order valence-corrected chi connectivity index (χ0v) is 10.6. The van der Waals surface area contributed by atoms with Crippen LogP contribution in [0.25, 0.3) is 0 Å². The summed E-state index contributed by atoms with van der Waals surface area (Å²) in [7, 11) is 1.61. The summed E-state index contributed by atoms with van der Waals surface area (Å²) >= 11 is 1.61. The summed E-state index contributed by atoms with van der Waals surface area (Å²) in [6.45, 7) is 2.22. The fraction of sp³-hybridized carbons (Fsp3) is 0.417. The SMILES string of the molecule is CCOC(=O)Cc1cc(OC)ccc1SC. The topological polar surface area (TPSA) is 35.5 Å². The van der Waals surface area contributed by atoms with Crippen molar-refractivity contribution in [1.82, 2.24) is 0 Å². The van der Waals surface area contributed by atoms with Crippen LogP contribution in [0.1, 0.15) is 12.5 Å². The molecule has 0 amide bonds. The van der Waals surface area contributed by atoms with E-state index in [0.29, 0.717) is 13.0 Å². The van der Waals surface area contributed by atoms with Gasteiger partial charge < -0.3 is 9.47 Å². The average Bonchev–Trinajstić information content (AvgIpc) is 2.29. The van der Waals surface area contributed by atoms with E-state index in [0.717, 1.165) is 16.2 Å². The molecule has 0 saturated heterocycles. The van der Waals surface area contributed by atoms with E-state index in [1.165, 1.54) is 0 Å². The van der Waals surface area contributed by atoms with Crippen LogP contribution < -0.4 is 4.74 Å². The van der Waals surface area contributed by atoms with E-state index in [9.17, 15) is 4.79 Å². The Morgan fingerprint density at radius 1 is 1.44 bits per heavy atom. The van der Waals surface area contributed by atoms with Crippen molar-refractivity contribution in [2.75, 3.05) is 20.0 Å². The first-order valence-corrected chi connectivity index (χ1v) is 6.30. The molecule has 0 aliphatic rings. The van der Waals surface area contributed by atoms with Crippen molar-refractivity contribution in [2.45, 2.75) is 18.2 Å². The zero-order chi connectivity index (χ0) is 12.0. The van der Waals surface area contributed by atoms with Gasteiger partial charge in [-0.1, -0.05) is 0 Å². The van der Waals surface area contributed by atoms with Gasteiger partial charge in [-0.25, -0.2) is 0 Å². The minimum atomic E-state index is -0.203. The van der Waals surface area contributed by atoms with Gasteiger partial charge in [-0.05, 0) is 36.9 Å². The van der Waals surface area contributed by atoms with Gasteiger partial charge in [0.25, 0.3) is 0 Å². The Balaban J connectivity index is 2.86. The number of carbonyl (C=O) groups excluding carboxylic acids is 1. The van der Waals surface area contributed by atoms with E-state index < -0.39 is 0 Å². The first-order chi connectivity index (χ1) is 7.71. The lowest BCUT2D eigenvalue weighted by Gasteiger charge is -2.09. The van der Waals surface area contributed by atoms with Crippen molar-refractivity contribution >= 4 is 17.7 Å². The molecular weight excluding hydrogens is 224 g/mol. The van der Waals surface area contributed by atoms with Gasteiger partial charge in [0.05, 0.1) is 20.1 Å². The van der Waals surface area contributed by atoms with Crippen LogP contribution in [0.4, 0.5) is 0 Å². The van der Waals surface area contributed by atoms with Crippen molar-refractivity contribution in [1.29, 1.82) is 0 Å². The number of ether oxygens (including phenoxy) is 2. The molecule has 0 unspecified atom stereocenters. The highest BCUT2D eigenvalue weighted by Crippen LogP contribution is 2.25. The largest absolute Gasteiger partial charge is 0.497 e. The lowest BCUT2D eigenvalue weighted by molar-refractivity contribution is -0.142. The second kappa shape index (κ2) is 6.43. The molecule has 0 atom stereocenters. The first-order valence-electron chi connectivity index (χ1n) is 5.07. The Hall–Kier alpha value is -1.16. The minimum Gasteiger partial charge on any atom is -0.497 e. The van der Waals surface area contributed by atoms with E-state index in [1.807, 2.05) is 24.5 Å². The minimum absolute atomic E-state index is 0.203. The van der Waals surface area contributed by atoms with E-state index in [2.05, 4.69) is 0 Å². The molecule has 0 spiro atoms. The van der Waals surface area contributed by atoms with Gasteiger partial charge >= 0.3 is 5.97 Å². The molecule has 1 rings (SSSR count). The third-order valence-corrected chi connectivity index (χ3v) is 2.97. The van der Waals surface area contributed by atoms with Gasteiger partial charge in [-0.15, -0.1) is 11.8 Å². The van der Waals surface area contributed by atoms with Crippen molar-refractivity contribution in [3.63, 3.8) is 0 Å². The number of carbonyl (C=O) groups is 1. The molecular formula is C12H16O3S. The molecule has 0 heterocycles. The van der Waals surface area contributed by atoms with Crippen molar-refractivity contribution < 1.29 is 14.3 Å². The van der Waals surface area contributed by atoms with E-state index >= 15 is 0 Å². The predicted octanol–water partition coefficient (Wildman–Crippen LogP) is 2.52. The van der Waals surface area contributed by atoms with Crippen LogP contribution in [0, 0.1) is 0 Å². The fourth-order valence-corrected chi connectivity index (χ4v) is 1.98. The molecule has 0 aliphatic heterocycles. The second-order valence-electron chi connectivity index (χ2n) is 3.16. The van der Waals surface area contributed by atoms with Crippen LogP contribution in [-0.2, 0) is 16.0 Å². The zero-order valence-electron chi connectivity index (χ0n) is 9.78. The number of hydrogen-bond acceptors (Lipinski definition) is 4. The van der Waals surface area contributed by atoms with Gasteiger partial charge in [0.2, 0.25) is 0 Å². The number of rotatable bonds is 5. The number of thioether (sulfide) groups is 1. The second-order valence-corrected chi connectivity index (χ2v) is 4.01. The normalized spacial score (nSPS) is 9.94. The van der Waals surface area contributed by atoms with Crippen LogP contribution in [0.15, 0.2) is 23.1 Å². The molecule has 0 fully saturated rings. The maximum atomic E-state index is 11.4. The molecule has 3 nitrogen and oxygen atoms in total. The van der Waals surface area contributed by atoms with Crippen molar-refractivity contribution in [3.05, 3.63) is 23.8 Å². The summed E-state index contributed by atoms with van der Waals surface area (Å²) in [6.07, 6.45) is 2.28. The maximum Gasteiger partial charge on any atom is 0.310 e. The number of hydrogen-bond donors (Lipinski definition) is 0. The molecule has 1 aromatic rings. The molecule has 16 heavy (non-hydrogen) atoms. The van der Waals surface area contributed by atoms with Gasteiger partial charge in [0.1, 0.15) is 5.75 Å². The van der Waals surface area contributed by atoms with E-state index in [1.54, 1.807) is 25.8 Å². The Labute approximate surface area is 100 Å². The highest BCUT2D eigenvalue weighted by molar-refractivity contribution is 7.98. The van der Waals surface area contributed by atoms with Crippen LogP contribution in [0.5, 0.6) is 5.75 Å². The molecule has 0 N–H and O–H groups in total. The monoisotopic (exact) mass is 240 g/mol. The lowest BCUT2D eigenvalue weighted by Crippen LogP contribution is -2.08. The Morgan fingerprint density at radius 3 is 2.75 bits per heavy atom. The fourth-order valence-electron chi connectivity index (χ4n) is 1.39. The molecule has 0 saturated carbocycles. The highest BCUT2D eigenvalue weighted by atomic mass is 32.2. The maximum absolute atomic E-state index is 11.4. The molecule has 0 radical (unpaired) electrons. The Morgan fingerprint density at radius 2 is 2.19 bits per heavy atom. The number of methoxy groups -OCH3 is 1. The Kier molecular flexibility index (Phi) is 5.19.